The van der Waals surface area contributed by atoms with E-state index in [-0.39, 0.29) is 10.3 Å². The van der Waals surface area contributed by atoms with E-state index in [0.29, 0.717) is 6.04 Å². The first-order valence-electron chi connectivity index (χ1n) is 6.29. The Morgan fingerprint density at radius 2 is 2.11 bits per heavy atom. The van der Waals surface area contributed by atoms with Crippen molar-refractivity contribution in [3.05, 3.63) is 22.7 Å². The zero-order chi connectivity index (χ0) is 14.3. The number of anilines is 1. The summed E-state index contributed by atoms with van der Waals surface area (Å²) < 4.78 is 23.3. The molecule has 0 heterocycles. The third-order valence-corrected chi connectivity index (χ3v) is 5.42. The van der Waals surface area contributed by atoms with Gasteiger partial charge in [0.2, 0.25) is 10.0 Å². The molecule has 0 radical (unpaired) electrons. The molecule has 0 aliphatic heterocycles. The van der Waals surface area contributed by atoms with Crippen LogP contribution in [0.25, 0.3) is 0 Å². The summed E-state index contributed by atoms with van der Waals surface area (Å²) in [6, 6.07) is 5.24. The van der Waals surface area contributed by atoms with Crippen molar-refractivity contribution in [2.75, 3.05) is 5.32 Å². The molecule has 19 heavy (non-hydrogen) atoms. The summed E-state index contributed by atoms with van der Waals surface area (Å²) in [7, 11) is -3.65. The van der Waals surface area contributed by atoms with E-state index in [1.807, 2.05) is 0 Å². The van der Waals surface area contributed by atoms with Crippen LogP contribution in [0.15, 0.2) is 27.6 Å². The Hall–Kier alpha value is -0.590. The first-order valence-corrected chi connectivity index (χ1v) is 8.63. The molecule has 106 valence electrons. The van der Waals surface area contributed by atoms with Gasteiger partial charge >= 0.3 is 0 Å². The average Bonchev–Trinajstić information content (AvgIpc) is 2.59. The highest BCUT2D eigenvalue weighted by atomic mass is 79.9. The summed E-state index contributed by atoms with van der Waals surface area (Å²) in [5.74, 6) is 0. The van der Waals surface area contributed by atoms with Crippen molar-refractivity contribution in [3.8, 4) is 0 Å². The lowest BCUT2D eigenvalue weighted by Gasteiger charge is -2.29. The average molecular weight is 347 g/mol. The van der Waals surface area contributed by atoms with Crippen molar-refractivity contribution in [1.82, 2.24) is 0 Å². The van der Waals surface area contributed by atoms with Crippen LogP contribution in [0, 0.1) is 5.41 Å². The summed E-state index contributed by atoms with van der Waals surface area (Å²) in [6.45, 7) is 4.51. The maximum atomic E-state index is 11.3. The minimum Gasteiger partial charge on any atom is -0.381 e. The fraction of sp³-hybridized carbons (Fsp3) is 0.538. The minimum atomic E-state index is -3.65. The third kappa shape index (κ3) is 3.30. The fourth-order valence-electron chi connectivity index (χ4n) is 2.57. The molecule has 3 N–H and O–H groups in total. The van der Waals surface area contributed by atoms with Crippen LogP contribution in [0.1, 0.15) is 33.1 Å². The van der Waals surface area contributed by atoms with E-state index >= 15 is 0 Å². The van der Waals surface area contributed by atoms with Gasteiger partial charge in [-0.2, -0.15) is 0 Å². The molecule has 1 aromatic rings. The molecule has 1 aromatic carbocycles. The first kappa shape index (κ1) is 14.8. The molecule has 1 atom stereocenters. The molecule has 0 saturated heterocycles. The van der Waals surface area contributed by atoms with Crippen molar-refractivity contribution >= 4 is 31.6 Å². The Morgan fingerprint density at radius 1 is 1.42 bits per heavy atom. The lowest BCUT2D eigenvalue weighted by molar-refractivity contribution is 0.350. The second kappa shape index (κ2) is 5.07. The molecule has 1 unspecified atom stereocenters. The van der Waals surface area contributed by atoms with E-state index in [0.717, 1.165) is 16.6 Å². The maximum absolute atomic E-state index is 11.3. The van der Waals surface area contributed by atoms with E-state index in [2.05, 4.69) is 35.1 Å². The Morgan fingerprint density at radius 3 is 2.58 bits per heavy atom. The number of nitrogens with one attached hydrogen (secondary N) is 1. The lowest BCUT2D eigenvalue weighted by Crippen LogP contribution is -2.30. The highest BCUT2D eigenvalue weighted by molar-refractivity contribution is 9.10. The molecule has 1 aliphatic carbocycles. The van der Waals surface area contributed by atoms with Gasteiger partial charge in [-0.1, -0.05) is 20.3 Å². The molecular weight excluding hydrogens is 328 g/mol. The SMILES string of the molecule is CC1(C)CCCC1Nc1ccc(S(N)(=O)=O)cc1Br. The monoisotopic (exact) mass is 346 g/mol. The molecule has 0 bridgehead atoms. The van der Waals surface area contributed by atoms with Gasteiger partial charge in [0.25, 0.3) is 0 Å². The van der Waals surface area contributed by atoms with Crippen LogP contribution in [0.4, 0.5) is 5.69 Å². The van der Waals surface area contributed by atoms with Crippen LogP contribution in [0.5, 0.6) is 0 Å². The summed E-state index contributed by atoms with van der Waals surface area (Å²) in [5.41, 5.74) is 1.17. The Bertz CT molecular complexity index is 584. The normalized spacial score (nSPS) is 22.4. The van der Waals surface area contributed by atoms with Gasteiger partial charge in [0.15, 0.2) is 0 Å². The minimum absolute atomic E-state index is 0.121. The number of halogens is 1. The Balaban J connectivity index is 2.23. The lowest BCUT2D eigenvalue weighted by atomic mass is 9.87. The van der Waals surface area contributed by atoms with Crippen LogP contribution in [-0.4, -0.2) is 14.5 Å². The number of primary sulfonamides is 1. The largest absolute Gasteiger partial charge is 0.381 e. The van der Waals surface area contributed by atoms with Gasteiger partial charge in [0.05, 0.1) is 4.90 Å². The zero-order valence-corrected chi connectivity index (χ0v) is 13.5. The van der Waals surface area contributed by atoms with E-state index in [1.165, 1.54) is 18.9 Å². The smallest absolute Gasteiger partial charge is 0.238 e. The number of hydrogen-bond acceptors (Lipinski definition) is 3. The van der Waals surface area contributed by atoms with Gasteiger partial charge in [-0.15, -0.1) is 0 Å². The predicted octanol–water partition coefficient (Wildman–Crippen LogP) is 3.09. The van der Waals surface area contributed by atoms with Crippen LogP contribution in [0.2, 0.25) is 0 Å². The van der Waals surface area contributed by atoms with Gasteiger partial charge < -0.3 is 5.32 Å². The second-order valence-corrected chi connectivity index (χ2v) is 8.18. The van der Waals surface area contributed by atoms with Crippen LogP contribution in [-0.2, 0) is 10.0 Å². The van der Waals surface area contributed by atoms with Crippen LogP contribution >= 0.6 is 15.9 Å². The standard InChI is InChI=1S/C13H19BrN2O2S/c1-13(2)7-3-4-12(13)16-11-6-5-9(8-10(11)14)19(15,17)18/h5-6,8,12,16H,3-4,7H2,1-2H3,(H2,15,17,18). The van der Waals surface area contributed by atoms with E-state index in [1.54, 1.807) is 12.1 Å². The molecule has 2 rings (SSSR count). The number of benzene rings is 1. The topological polar surface area (TPSA) is 72.2 Å². The molecule has 4 nitrogen and oxygen atoms in total. The zero-order valence-electron chi connectivity index (χ0n) is 11.1. The van der Waals surface area contributed by atoms with Crippen molar-refractivity contribution in [1.29, 1.82) is 0 Å². The van der Waals surface area contributed by atoms with Gasteiger partial charge in [0.1, 0.15) is 0 Å². The van der Waals surface area contributed by atoms with Crippen molar-refractivity contribution < 1.29 is 8.42 Å². The summed E-state index contributed by atoms with van der Waals surface area (Å²) in [6.07, 6.45) is 3.56. The predicted molar refractivity (Wildman–Crippen MR) is 80.6 cm³/mol. The summed E-state index contributed by atoms with van der Waals surface area (Å²) >= 11 is 3.40. The molecule has 1 saturated carbocycles. The van der Waals surface area contributed by atoms with Crippen molar-refractivity contribution in [2.24, 2.45) is 10.6 Å². The van der Waals surface area contributed by atoms with Crippen molar-refractivity contribution in [2.45, 2.75) is 44.0 Å². The van der Waals surface area contributed by atoms with Crippen LogP contribution in [0.3, 0.4) is 0 Å². The summed E-state index contributed by atoms with van der Waals surface area (Å²) in [5, 5.41) is 8.61. The highest BCUT2D eigenvalue weighted by Crippen LogP contribution is 2.40. The Labute approximate surface area is 122 Å². The molecule has 0 spiro atoms. The molecule has 1 fully saturated rings. The van der Waals surface area contributed by atoms with Gasteiger partial charge in [-0.3, -0.25) is 0 Å². The third-order valence-electron chi connectivity index (χ3n) is 3.86. The molecular formula is C13H19BrN2O2S. The quantitative estimate of drug-likeness (QED) is 0.883. The Kier molecular flexibility index (Phi) is 3.95. The molecule has 6 heteroatoms. The first-order chi connectivity index (χ1) is 8.70. The van der Waals surface area contributed by atoms with Crippen molar-refractivity contribution in [3.63, 3.8) is 0 Å². The molecule has 0 aromatic heterocycles. The van der Waals surface area contributed by atoms with E-state index < -0.39 is 10.0 Å². The van der Waals surface area contributed by atoms with E-state index in [9.17, 15) is 8.42 Å². The van der Waals surface area contributed by atoms with Gasteiger partial charge in [-0.05, 0) is 52.4 Å². The number of hydrogen-bond donors (Lipinski definition) is 2. The second-order valence-electron chi connectivity index (χ2n) is 5.76. The van der Waals surface area contributed by atoms with Crippen LogP contribution < -0.4 is 10.5 Å². The molecule has 1 aliphatic rings. The summed E-state index contributed by atoms with van der Waals surface area (Å²) in [4.78, 5) is 0.121. The maximum Gasteiger partial charge on any atom is 0.238 e. The van der Waals surface area contributed by atoms with E-state index in [4.69, 9.17) is 5.14 Å². The fourth-order valence-corrected chi connectivity index (χ4v) is 3.76. The van der Waals surface area contributed by atoms with Gasteiger partial charge in [-0.25, -0.2) is 13.6 Å². The highest BCUT2D eigenvalue weighted by Gasteiger charge is 2.34. The van der Waals surface area contributed by atoms with Gasteiger partial charge in [0, 0.05) is 16.2 Å². The number of sulfonamides is 1. The number of nitrogens with two attached hydrogens (primary N) is 1. The number of rotatable bonds is 3. The molecule has 0 amide bonds.